The molecule has 1 amide bonds. The maximum atomic E-state index is 12.6. The summed E-state index contributed by atoms with van der Waals surface area (Å²) in [4.78, 5) is 25.1. The Kier molecular flexibility index (Phi) is 5.75. The number of benzene rings is 1. The molecular formula is C18H20N3O3S-. The molecule has 1 heterocycles. The van der Waals surface area contributed by atoms with Gasteiger partial charge in [0.05, 0.1) is 10.9 Å². The number of anilines is 1. The molecule has 0 spiro atoms. The average molecular weight is 358 g/mol. The van der Waals surface area contributed by atoms with Crippen LogP contribution in [0.3, 0.4) is 0 Å². The molecule has 132 valence electrons. The summed E-state index contributed by atoms with van der Waals surface area (Å²) in [6.45, 7) is 0. The number of thioether (sulfide) groups is 1. The van der Waals surface area contributed by atoms with Crippen molar-refractivity contribution in [2.24, 2.45) is 5.10 Å². The standard InChI is InChI=1S/C18H21N3O3S/c22-16(23)12-15-17(24)21(14-10-6-3-7-11-14)18(25-15)20-19-13-8-4-1-2-5-9-13/h3,6-8,10-11,15,19H,1-2,4-5,9,12H2,(H,22,23)/p-1/b20-18-/t15-/m1/s1. The van der Waals surface area contributed by atoms with E-state index in [1.807, 2.05) is 18.2 Å². The molecule has 1 atom stereocenters. The van der Waals surface area contributed by atoms with E-state index in [0.717, 1.165) is 36.7 Å². The molecule has 1 aromatic rings. The highest BCUT2D eigenvalue weighted by Gasteiger charge is 2.39. The highest BCUT2D eigenvalue weighted by Crippen LogP contribution is 2.33. The molecule has 1 aliphatic heterocycles. The molecule has 0 aromatic heterocycles. The van der Waals surface area contributed by atoms with Gasteiger partial charge in [-0.15, -0.1) is 5.10 Å². The maximum Gasteiger partial charge on any atom is 0.247 e. The topological polar surface area (TPSA) is 84.8 Å². The second kappa shape index (κ2) is 8.20. The number of amides is 1. The maximum absolute atomic E-state index is 12.6. The monoisotopic (exact) mass is 358 g/mol. The number of aliphatic carboxylic acids is 1. The van der Waals surface area contributed by atoms with Gasteiger partial charge < -0.3 is 9.90 Å². The first kappa shape index (κ1) is 17.5. The van der Waals surface area contributed by atoms with Crippen molar-refractivity contribution in [3.63, 3.8) is 0 Å². The summed E-state index contributed by atoms with van der Waals surface area (Å²) in [7, 11) is 0. The van der Waals surface area contributed by atoms with Crippen molar-refractivity contribution < 1.29 is 14.7 Å². The van der Waals surface area contributed by atoms with Crippen LogP contribution in [0, 0.1) is 0 Å². The summed E-state index contributed by atoms with van der Waals surface area (Å²) >= 11 is 1.16. The lowest BCUT2D eigenvalue weighted by molar-refractivity contribution is -0.305. The van der Waals surface area contributed by atoms with Crippen molar-refractivity contribution in [3.05, 3.63) is 42.1 Å². The minimum absolute atomic E-state index is 0.282. The number of carboxylic acid groups (broad SMARTS) is 1. The summed E-state index contributed by atoms with van der Waals surface area (Å²) in [6, 6.07) is 9.14. The lowest BCUT2D eigenvalue weighted by atomic mass is 10.2. The molecule has 1 saturated heterocycles. The van der Waals surface area contributed by atoms with Crippen molar-refractivity contribution in [3.8, 4) is 0 Å². The predicted molar refractivity (Wildman–Crippen MR) is 96.7 cm³/mol. The van der Waals surface area contributed by atoms with Crippen LogP contribution in [0.5, 0.6) is 0 Å². The molecular weight excluding hydrogens is 338 g/mol. The number of rotatable bonds is 5. The number of hydrogen-bond acceptors (Lipinski definition) is 6. The smallest absolute Gasteiger partial charge is 0.247 e. The molecule has 6 nitrogen and oxygen atoms in total. The first-order chi connectivity index (χ1) is 12.1. The zero-order chi connectivity index (χ0) is 17.6. The lowest BCUT2D eigenvalue weighted by Gasteiger charge is -2.16. The third-order valence-corrected chi connectivity index (χ3v) is 5.27. The van der Waals surface area contributed by atoms with Crippen LogP contribution in [-0.2, 0) is 9.59 Å². The van der Waals surface area contributed by atoms with Gasteiger partial charge in [0.1, 0.15) is 0 Å². The largest absolute Gasteiger partial charge is 0.550 e. The number of carbonyl (C=O) groups excluding carboxylic acids is 2. The Morgan fingerprint density at radius 2 is 2.08 bits per heavy atom. The van der Waals surface area contributed by atoms with Crippen LogP contribution in [0.15, 0.2) is 47.2 Å². The number of carboxylic acids is 1. The highest BCUT2D eigenvalue weighted by molar-refractivity contribution is 8.16. The van der Waals surface area contributed by atoms with Gasteiger partial charge in [0.15, 0.2) is 5.17 Å². The number of allylic oxidation sites excluding steroid dienone is 2. The molecule has 25 heavy (non-hydrogen) atoms. The first-order valence-electron chi connectivity index (χ1n) is 8.43. The van der Waals surface area contributed by atoms with Gasteiger partial charge in [-0.25, -0.2) is 0 Å². The van der Waals surface area contributed by atoms with Crippen LogP contribution in [0.25, 0.3) is 0 Å². The number of hydrazone groups is 1. The average Bonchev–Trinajstić information content (AvgIpc) is 2.78. The summed E-state index contributed by atoms with van der Waals surface area (Å²) in [5.74, 6) is -1.52. The van der Waals surface area contributed by atoms with E-state index in [2.05, 4.69) is 16.6 Å². The van der Waals surface area contributed by atoms with Crippen molar-refractivity contribution in [1.29, 1.82) is 0 Å². The number of nitrogens with one attached hydrogen (secondary N) is 1. The Balaban J connectivity index is 1.83. The Labute approximate surface area is 151 Å². The lowest BCUT2D eigenvalue weighted by Crippen LogP contribution is -2.35. The molecule has 3 rings (SSSR count). The van der Waals surface area contributed by atoms with Crippen LogP contribution in [-0.4, -0.2) is 22.3 Å². The van der Waals surface area contributed by atoms with E-state index in [1.165, 1.54) is 17.7 Å². The molecule has 2 aliphatic rings. The van der Waals surface area contributed by atoms with E-state index in [4.69, 9.17) is 0 Å². The number of nitrogens with zero attached hydrogens (tertiary/aromatic N) is 2. The van der Waals surface area contributed by atoms with Crippen molar-refractivity contribution in [1.82, 2.24) is 5.43 Å². The molecule has 1 aliphatic carbocycles. The third kappa shape index (κ3) is 4.42. The minimum atomic E-state index is -1.24. The Morgan fingerprint density at radius 3 is 2.84 bits per heavy atom. The van der Waals surface area contributed by atoms with Crippen molar-refractivity contribution >= 4 is 34.5 Å². The second-order valence-corrected chi connectivity index (χ2v) is 7.20. The molecule has 7 heteroatoms. The van der Waals surface area contributed by atoms with Gasteiger partial charge in [0.2, 0.25) is 5.91 Å². The first-order valence-corrected chi connectivity index (χ1v) is 9.31. The number of hydrogen-bond donors (Lipinski definition) is 1. The number of para-hydroxylation sites is 1. The van der Waals surface area contributed by atoms with Crippen LogP contribution < -0.4 is 15.4 Å². The third-order valence-electron chi connectivity index (χ3n) is 4.14. The van der Waals surface area contributed by atoms with Crippen LogP contribution in [0.2, 0.25) is 0 Å². The van der Waals surface area contributed by atoms with Gasteiger partial charge >= 0.3 is 0 Å². The Hall–Kier alpha value is -2.28. The highest BCUT2D eigenvalue weighted by atomic mass is 32.2. The number of amidine groups is 1. The summed E-state index contributed by atoms with van der Waals surface area (Å²) < 4.78 is 0. The summed E-state index contributed by atoms with van der Waals surface area (Å²) in [5, 5.41) is 15.1. The molecule has 0 bridgehead atoms. The van der Waals surface area contributed by atoms with Crippen molar-refractivity contribution in [2.75, 3.05) is 4.90 Å². The quantitative estimate of drug-likeness (QED) is 0.814. The van der Waals surface area contributed by atoms with E-state index < -0.39 is 11.2 Å². The van der Waals surface area contributed by atoms with E-state index >= 15 is 0 Å². The van der Waals surface area contributed by atoms with Crippen LogP contribution >= 0.6 is 11.8 Å². The fraction of sp³-hybridized carbons (Fsp3) is 0.389. The van der Waals surface area contributed by atoms with E-state index in [-0.39, 0.29) is 12.3 Å². The van der Waals surface area contributed by atoms with Gasteiger partial charge in [0, 0.05) is 18.1 Å². The normalized spacial score (nSPS) is 22.6. The number of carbonyl (C=O) groups is 2. The van der Waals surface area contributed by atoms with E-state index in [0.29, 0.717) is 10.9 Å². The fourth-order valence-electron chi connectivity index (χ4n) is 2.88. The molecule has 0 radical (unpaired) electrons. The van der Waals surface area contributed by atoms with Gasteiger partial charge in [-0.05, 0) is 37.8 Å². The molecule has 1 fully saturated rings. The van der Waals surface area contributed by atoms with Crippen molar-refractivity contribution in [2.45, 2.75) is 43.8 Å². The van der Waals surface area contributed by atoms with Gasteiger partial charge in [-0.3, -0.25) is 15.1 Å². The zero-order valence-corrected chi connectivity index (χ0v) is 14.6. The Bertz CT molecular complexity index is 703. The minimum Gasteiger partial charge on any atom is -0.550 e. The SMILES string of the molecule is O=C([O-])C[C@H]1S/C(=N\NC2=CCCCCC2)N(c2ccccc2)C1=O. The van der Waals surface area contributed by atoms with Gasteiger partial charge in [-0.1, -0.05) is 42.5 Å². The Morgan fingerprint density at radius 1 is 1.28 bits per heavy atom. The molecule has 0 saturated carbocycles. The van der Waals surface area contributed by atoms with Crippen LogP contribution in [0.1, 0.15) is 38.5 Å². The molecule has 1 aromatic carbocycles. The summed E-state index contributed by atoms with van der Waals surface area (Å²) in [5.41, 5.74) is 4.80. The van der Waals surface area contributed by atoms with Crippen LogP contribution in [0.4, 0.5) is 5.69 Å². The van der Waals surface area contributed by atoms with E-state index in [1.54, 1.807) is 12.1 Å². The van der Waals surface area contributed by atoms with E-state index in [9.17, 15) is 14.7 Å². The molecule has 0 unspecified atom stereocenters. The van der Waals surface area contributed by atoms with Gasteiger partial charge in [-0.2, -0.15) is 0 Å². The second-order valence-electron chi connectivity index (χ2n) is 6.03. The van der Waals surface area contributed by atoms with Gasteiger partial charge in [0.25, 0.3) is 0 Å². The predicted octanol–water partition coefficient (Wildman–Crippen LogP) is 1.98. The molecule has 1 N–H and O–H groups in total. The fourth-order valence-corrected chi connectivity index (χ4v) is 3.96. The zero-order valence-electron chi connectivity index (χ0n) is 13.8. The summed E-state index contributed by atoms with van der Waals surface area (Å²) in [6.07, 6.45) is 7.27.